The maximum absolute atomic E-state index is 12.6. The van der Waals surface area contributed by atoms with Gasteiger partial charge < -0.3 is 19.6 Å². The lowest BCUT2D eigenvalue weighted by atomic mass is 9.95. The first-order chi connectivity index (χ1) is 11.2. The van der Waals surface area contributed by atoms with Gasteiger partial charge in [-0.05, 0) is 25.0 Å². The average Bonchev–Trinajstić information content (AvgIpc) is 2.62. The molecule has 0 radical (unpaired) electrons. The van der Waals surface area contributed by atoms with Crippen molar-refractivity contribution in [3.8, 4) is 5.75 Å². The first-order valence-corrected chi connectivity index (χ1v) is 8.10. The lowest BCUT2D eigenvalue weighted by Gasteiger charge is -2.36. The van der Waals surface area contributed by atoms with E-state index in [0.717, 1.165) is 12.8 Å². The van der Waals surface area contributed by atoms with Crippen LogP contribution in [-0.4, -0.2) is 66.1 Å². The highest BCUT2D eigenvalue weighted by Gasteiger charge is 2.32. The number of carbonyl (C=O) groups excluding carboxylic acids is 2. The highest BCUT2D eigenvalue weighted by Crippen LogP contribution is 2.24. The number of para-hydroxylation sites is 1. The standard InChI is InChI=1S/C17H22N2O4/c20-15-6-2-1-5-14(15)17(22)19-7-3-4-13(12-19)16(21)18-8-10-23-11-9-18/h1-2,5-6,13,20H,3-4,7-12H2/t13-/m1/s1. The number of nitrogens with zero attached hydrogens (tertiary/aromatic N) is 2. The molecule has 2 saturated heterocycles. The van der Waals surface area contributed by atoms with Gasteiger partial charge in [0.25, 0.3) is 5.91 Å². The molecule has 6 nitrogen and oxygen atoms in total. The Labute approximate surface area is 135 Å². The molecule has 2 aliphatic rings. The van der Waals surface area contributed by atoms with Crippen LogP contribution in [-0.2, 0) is 9.53 Å². The molecule has 1 aromatic carbocycles. The second-order valence-corrected chi connectivity index (χ2v) is 6.05. The summed E-state index contributed by atoms with van der Waals surface area (Å²) in [6.45, 7) is 3.47. The summed E-state index contributed by atoms with van der Waals surface area (Å²) in [6, 6.07) is 6.54. The third-order valence-electron chi connectivity index (χ3n) is 4.52. The largest absolute Gasteiger partial charge is 0.507 e. The molecular weight excluding hydrogens is 296 g/mol. The first kappa shape index (κ1) is 15.8. The molecule has 0 unspecified atom stereocenters. The van der Waals surface area contributed by atoms with Crippen molar-refractivity contribution in [2.75, 3.05) is 39.4 Å². The van der Waals surface area contributed by atoms with Gasteiger partial charge in [0.15, 0.2) is 0 Å². The Morgan fingerprint density at radius 2 is 1.83 bits per heavy atom. The third-order valence-corrected chi connectivity index (χ3v) is 4.52. The molecule has 6 heteroatoms. The number of ether oxygens (including phenoxy) is 1. The van der Waals surface area contributed by atoms with Gasteiger partial charge in [0, 0.05) is 26.2 Å². The van der Waals surface area contributed by atoms with E-state index in [1.54, 1.807) is 23.1 Å². The lowest BCUT2D eigenvalue weighted by Crippen LogP contribution is -2.49. The van der Waals surface area contributed by atoms with E-state index in [9.17, 15) is 14.7 Å². The van der Waals surface area contributed by atoms with Crippen LogP contribution in [0, 0.1) is 5.92 Å². The molecule has 2 fully saturated rings. The second-order valence-electron chi connectivity index (χ2n) is 6.05. The van der Waals surface area contributed by atoms with Crippen molar-refractivity contribution in [2.24, 2.45) is 5.92 Å². The number of phenolic OH excluding ortho intramolecular Hbond substituents is 1. The van der Waals surface area contributed by atoms with Crippen molar-refractivity contribution in [3.05, 3.63) is 29.8 Å². The van der Waals surface area contributed by atoms with E-state index in [4.69, 9.17) is 4.74 Å². The highest BCUT2D eigenvalue weighted by atomic mass is 16.5. The van der Waals surface area contributed by atoms with Crippen LogP contribution in [0.15, 0.2) is 24.3 Å². The maximum Gasteiger partial charge on any atom is 0.257 e. The van der Waals surface area contributed by atoms with Crippen LogP contribution >= 0.6 is 0 Å². The molecule has 2 aliphatic heterocycles. The summed E-state index contributed by atoms with van der Waals surface area (Å²) >= 11 is 0. The smallest absolute Gasteiger partial charge is 0.257 e. The van der Waals surface area contributed by atoms with Gasteiger partial charge >= 0.3 is 0 Å². The zero-order chi connectivity index (χ0) is 16.2. The molecule has 0 aromatic heterocycles. The highest BCUT2D eigenvalue weighted by molar-refractivity contribution is 5.97. The molecule has 0 saturated carbocycles. The van der Waals surface area contributed by atoms with Gasteiger partial charge in [0.1, 0.15) is 5.75 Å². The molecule has 0 aliphatic carbocycles. The van der Waals surface area contributed by atoms with Crippen molar-refractivity contribution in [2.45, 2.75) is 12.8 Å². The van der Waals surface area contributed by atoms with Gasteiger partial charge in [-0.25, -0.2) is 0 Å². The lowest BCUT2D eigenvalue weighted by molar-refractivity contribution is -0.141. The Balaban J connectivity index is 1.67. The zero-order valence-corrected chi connectivity index (χ0v) is 13.1. The minimum Gasteiger partial charge on any atom is -0.507 e. The number of aromatic hydroxyl groups is 1. The first-order valence-electron chi connectivity index (χ1n) is 8.10. The van der Waals surface area contributed by atoms with E-state index < -0.39 is 0 Å². The number of rotatable bonds is 2. The molecule has 23 heavy (non-hydrogen) atoms. The van der Waals surface area contributed by atoms with E-state index >= 15 is 0 Å². The van der Waals surface area contributed by atoms with Crippen molar-refractivity contribution in [1.82, 2.24) is 9.80 Å². The molecule has 2 amide bonds. The number of phenols is 1. The van der Waals surface area contributed by atoms with Crippen LogP contribution in [0.2, 0.25) is 0 Å². The predicted octanol–water partition coefficient (Wildman–Crippen LogP) is 1.10. The van der Waals surface area contributed by atoms with Gasteiger partial charge in [-0.3, -0.25) is 9.59 Å². The molecular formula is C17H22N2O4. The molecule has 0 spiro atoms. The van der Waals surface area contributed by atoms with Crippen LogP contribution in [0.5, 0.6) is 5.75 Å². The quantitative estimate of drug-likeness (QED) is 0.886. The van der Waals surface area contributed by atoms with Gasteiger partial charge in [0.2, 0.25) is 5.91 Å². The Hall–Kier alpha value is -2.08. The summed E-state index contributed by atoms with van der Waals surface area (Å²) < 4.78 is 5.28. The monoisotopic (exact) mass is 318 g/mol. The number of likely N-dealkylation sites (tertiary alicyclic amines) is 1. The molecule has 0 bridgehead atoms. The fourth-order valence-electron chi connectivity index (χ4n) is 3.23. The summed E-state index contributed by atoms with van der Waals surface area (Å²) in [7, 11) is 0. The van der Waals surface area contributed by atoms with Crippen LogP contribution in [0.3, 0.4) is 0 Å². The van der Waals surface area contributed by atoms with Crippen molar-refractivity contribution < 1.29 is 19.4 Å². The number of amides is 2. The van der Waals surface area contributed by atoms with Crippen LogP contribution < -0.4 is 0 Å². The Morgan fingerprint density at radius 3 is 2.57 bits per heavy atom. The number of hydrogen-bond donors (Lipinski definition) is 1. The van der Waals surface area contributed by atoms with Crippen LogP contribution in [0.25, 0.3) is 0 Å². The number of piperidine rings is 1. The Bertz CT molecular complexity index is 584. The van der Waals surface area contributed by atoms with Gasteiger partial charge in [0.05, 0.1) is 24.7 Å². The van der Waals surface area contributed by atoms with Crippen molar-refractivity contribution in [3.63, 3.8) is 0 Å². The SMILES string of the molecule is O=C(c1ccccc1O)N1CCC[C@@H](C(=O)N2CCOCC2)C1. The van der Waals surface area contributed by atoms with E-state index in [1.165, 1.54) is 6.07 Å². The van der Waals surface area contributed by atoms with Crippen molar-refractivity contribution in [1.29, 1.82) is 0 Å². The molecule has 2 heterocycles. The number of hydrogen-bond acceptors (Lipinski definition) is 4. The molecule has 1 N–H and O–H groups in total. The van der Waals surface area contributed by atoms with Gasteiger partial charge in [-0.1, -0.05) is 12.1 Å². The maximum atomic E-state index is 12.6. The zero-order valence-electron chi connectivity index (χ0n) is 13.1. The minimum absolute atomic E-state index is 0.0147. The average molecular weight is 318 g/mol. The fraction of sp³-hybridized carbons (Fsp3) is 0.529. The summed E-state index contributed by atoms with van der Waals surface area (Å²) in [4.78, 5) is 28.7. The number of morpholine rings is 1. The van der Waals surface area contributed by atoms with Crippen LogP contribution in [0.1, 0.15) is 23.2 Å². The third kappa shape index (κ3) is 3.47. The molecule has 1 atom stereocenters. The van der Waals surface area contributed by atoms with Gasteiger partial charge in [-0.2, -0.15) is 0 Å². The van der Waals surface area contributed by atoms with Crippen LogP contribution in [0.4, 0.5) is 0 Å². The molecule has 3 rings (SSSR count). The van der Waals surface area contributed by atoms with E-state index in [2.05, 4.69) is 0 Å². The Morgan fingerprint density at radius 1 is 1.09 bits per heavy atom. The molecule has 1 aromatic rings. The van der Waals surface area contributed by atoms with Crippen molar-refractivity contribution >= 4 is 11.8 Å². The fourth-order valence-corrected chi connectivity index (χ4v) is 3.23. The predicted molar refractivity (Wildman–Crippen MR) is 84.1 cm³/mol. The van der Waals surface area contributed by atoms with E-state index in [1.807, 2.05) is 4.90 Å². The minimum atomic E-state index is -0.206. The normalized spacial score (nSPS) is 22.0. The number of benzene rings is 1. The topological polar surface area (TPSA) is 70.1 Å². The second kappa shape index (κ2) is 7.00. The summed E-state index contributed by atoms with van der Waals surface area (Å²) in [5.74, 6) is -0.263. The summed E-state index contributed by atoms with van der Waals surface area (Å²) in [5, 5.41) is 9.85. The molecule has 124 valence electrons. The van der Waals surface area contributed by atoms with Gasteiger partial charge in [-0.15, -0.1) is 0 Å². The summed E-state index contributed by atoms with van der Waals surface area (Å²) in [6.07, 6.45) is 1.61. The number of carbonyl (C=O) groups is 2. The van der Waals surface area contributed by atoms with E-state index in [-0.39, 0.29) is 23.5 Å². The summed E-state index contributed by atoms with van der Waals surface area (Å²) in [5.41, 5.74) is 0.298. The Kier molecular flexibility index (Phi) is 4.81. The van der Waals surface area contributed by atoms with E-state index in [0.29, 0.717) is 45.0 Å².